The maximum Gasteiger partial charge on any atom is 0.266 e. The molecule has 0 aromatic heterocycles. The third-order valence-corrected chi connectivity index (χ3v) is 4.22. The Kier molecular flexibility index (Phi) is 6.39. The number of carbonyl (C=O) groups excluding carboxylic acids is 1. The van der Waals surface area contributed by atoms with Gasteiger partial charge in [0.2, 0.25) is 0 Å². The van der Waals surface area contributed by atoms with E-state index < -0.39 is 11.7 Å². The van der Waals surface area contributed by atoms with Crippen LogP contribution in [0.1, 0.15) is 16.7 Å². The largest absolute Gasteiger partial charge is 0.488 e. The first kappa shape index (κ1) is 19.8. The van der Waals surface area contributed by atoms with Crippen molar-refractivity contribution in [2.75, 3.05) is 5.32 Å². The highest BCUT2D eigenvalue weighted by atomic mass is 19.1. The average molecular weight is 386 g/mol. The SMILES string of the molecule is Cc1ccc(COc2ccccc2/C=C(/C#N)C(=O)Nc2ccccc2F)cc1. The number of ether oxygens (including phenoxy) is 1. The number of hydrogen-bond acceptors (Lipinski definition) is 3. The van der Waals surface area contributed by atoms with E-state index in [-0.39, 0.29) is 11.3 Å². The fraction of sp³-hybridized carbons (Fsp3) is 0.0833. The molecule has 0 saturated carbocycles. The van der Waals surface area contributed by atoms with Gasteiger partial charge < -0.3 is 10.1 Å². The van der Waals surface area contributed by atoms with Gasteiger partial charge in [-0.1, -0.05) is 60.2 Å². The highest BCUT2D eigenvalue weighted by Gasteiger charge is 2.13. The van der Waals surface area contributed by atoms with Crippen molar-refractivity contribution in [1.82, 2.24) is 0 Å². The van der Waals surface area contributed by atoms with Crippen LogP contribution >= 0.6 is 0 Å². The second-order valence-electron chi connectivity index (χ2n) is 6.42. The summed E-state index contributed by atoms with van der Waals surface area (Å²) in [4.78, 5) is 12.4. The molecular weight excluding hydrogens is 367 g/mol. The topological polar surface area (TPSA) is 62.1 Å². The Balaban J connectivity index is 1.78. The molecule has 3 aromatic rings. The Morgan fingerprint density at radius 2 is 1.76 bits per heavy atom. The van der Waals surface area contributed by atoms with Gasteiger partial charge in [-0.15, -0.1) is 0 Å². The molecule has 5 heteroatoms. The van der Waals surface area contributed by atoms with Crippen LogP contribution in [0, 0.1) is 24.1 Å². The monoisotopic (exact) mass is 386 g/mol. The number of anilines is 1. The third-order valence-electron chi connectivity index (χ3n) is 4.22. The van der Waals surface area contributed by atoms with Crippen LogP contribution in [-0.2, 0) is 11.4 Å². The van der Waals surface area contributed by atoms with Gasteiger partial charge in [0.15, 0.2) is 0 Å². The summed E-state index contributed by atoms with van der Waals surface area (Å²) in [6, 6.07) is 22.7. The van der Waals surface area contributed by atoms with Gasteiger partial charge in [-0.2, -0.15) is 5.26 Å². The van der Waals surface area contributed by atoms with E-state index in [4.69, 9.17) is 4.74 Å². The number of amides is 1. The van der Waals surface area contributed by atoms with Crippen LogP contribution in [0.25, 0.3) is 6.08 Å². The molecular formula is C24H19FN2O2. The molecule has 144 valence electrons. The van der Waals surface area contributed by atoms with Crippen LogP contribution in [0.3, 0.4) is 0 Å². The lowest BCUT2D eigenvalue weighted by molar-refractivity contribution is -0.112. The lowest BCUT2D eigenvalue weighted by Crippen LogP contribution is -2.14. The number of hydrogen-bond donors (Lipinski definition) is 1. The molecule has 0 aliphatic rings. The third kappa shape index (κ3) is 5.30. The molecule has 3 aromatic carbocycles. The minimum atomic E-state index is -0.689. The van der Waals surface area contributed by atoms with Gasteiger partial charge in [-0.05, 0) is 36.8 Å². The maximum atomic E-state index is 13.8. The van der Waals surface area contributed by atoms with Crippen molar-refractivity contribution in [2.45, 2.75) is 13.5 Å². The van der Waals surface area contributed by atoms with E-state index in [1.54, 1.807) is 24.3 Å². The Morgan fingerprint density at radius 3 is 2.48 bits per heavy atom. The van der Waals surface area contributed by atoms with Crippen molar-refractivity contribution < 1.29 is 13.9 Å². The Bertz CT molecular complexity index is 1080. The van der Waals surface area contributed by atoms with E-state index in [0.717, 1.165) is 11.1 Å². The molecule has 0 heterocycles. The molecule has 3 rings (SSSR count). The van der Waals surface area contributed by atoms with Crippen LogP contribution in [0.15, 0.2) is 78.4 Å². The van der Waals surface area contributed by atoms with Crippen molar-refractivity contribution in [3.05, 3.63) is 101 Å². The minimum Gasteiger partial charge on any atom is -0.488 e. The summed E-state index contributed by atoms with van der Waals surface area (Å²) in [7, 11) is 0. The summed E-state index contributed by atoms with van der Waals surface area (Å²) >= 11 is 0. The van der Waals surface area contributed by atoms with Gasteiger partial charge in [0.1, 0.15) is 29.8 Å². The maximum absolute atomic E-state index is 13.8. The first-order valence-corrected chi connectivity index (χ1v) is 9.02. The lowest BCUT2D eigenvalue weighted by Gasteiger charge is -2.10. The average Bonchev–Trinajstić information content (AvgIpc) is 2.74. The van der Waals surface area contributed by atoms with Crippen LogP contribution in [0.2, 0.25) is 0 Å². The molecule has 4 nitrogen and oxygen atoms in total. The summed E-state index contributed by atoms with van der Waals surface area (Å²) in [6.07, 6.45) is 1.43. The highest BCUT2D eigenvalue weighted by molar-refractivity contribution is 6.09. The molecule has 0 atom stereocenters. The molecule has 0 bridgehead atoms. The second kappa shape index (κ2) is 9.34. The van der Waals surface area contributed by atoms with E-state index in [1.165, 1.54) is 24.3 Å². The number of para-hydroxylation sites is 2. The van der Waals surface area contributed by atoms with Crippen molar-refractivity contribution in [3.8, 4) is 11.8 Å². The molecule has 0 aliphatic carbocycles. The first-order chi connectivity index (χ1) is 14.1. The van der Waals surface area contributed by atoms with Crippen LogP contribution in [0.4, 0.5) is 10.1 Å². The van der Waals surface area contributed by atoms with Gasteiger partial charge in [0.25, 0.3) is 5.91 Å². The highest BCUT2D eigenvalue weighted by Crippen LogP contribution is 2.23. The number of halogens is 1. The number of aryl methyl sites for hydroxylation is 1. The van der Waals surface area contributed by atoms with Crippen molar-refractivity contribution in [2.24, 2.45) is 0 Å². The molecule has 1 amide bonds. The molecule has 0 fully saturated rings. The summed E-state index contributed by atoms with van der Waals surface area (Å²) in [6.45, 7) is 2.37. The van der Waals surface area contributed by atoms with E-state index in [0.29, 0.717) is 17.9 Å². The Labute approximate surface area is 168 Å². The number of rotatable bonds is 6. The van der Waals surface area contributed by atoms with Gasteiger partial charge in [0.05, 0.1) is 5.69 Å². The summed E-state index contributed by atoms with van der Waals surface area (Å²) < 4.78 is 19.6. The molecule has 0 spiro atoms. The van der Waals surface area contributed by atoms with Crippen LogP contribution < -0.4 is 10.1 Å². The molecule has 0 radical (unpaired) electrons. The van der Waals surface area contributed by atoms with Crippen LogP contribution in [-0.4, -0.2) is 5.91 Å². The predicted molar refractivity (Wildman–Crippen MR) is 111 cm³/mol. The van der Waals surface area contributed by atoms with Gasteiger partial charge in [-0.25, -0.2) is 4.39 Å². The fourth-order valence-electron chi connectivity index (χ4n) is 2.63. The fourth-order valence-corrected chi connectivity index (χ4v) is 2.63. The minimum absolute atomic E-state index is 0.0163. The number of nitrogens with one attached hydrogen (secondary N) is 1. The van der Waals surface area contributed by atoms with E-state index in [9.17, 15) is 14.4 Å². The first-order valence-electron chi connectivity index (χ1n) is 9.02. The number of carbonyl (C=O) groups is 1. The summed E-state index contributed by atoms with van der Waals surface area (Å²) in [5.74, 6) is -0.717. The zero-order valence-corrected chi connectivity index (χ0v) is 15.9. The van der Waals surface area contributed by atoms with Crippen molar-refractivity contribution in [1.29, 1.82) is 5.26 Å². The smallest absolute Gasteiger partial charge is 0.266 e. The molecule has 29 heavy (non-hydrogen) atoms. The van der Waals surface area contributed by atoms with E-state index >= 15 is 0 Å². The summed E-state index contributed by atoms with van der Waals surface area (Å²) in [5, 5.41) is 11.8. The predicted octanol–water partition coefficient (Wildman–Crippen LogP) is 5.26. The Hall–Kier alpha value is -3.91. The number of nitrogens with zero attached hydrogens (tertiary/aromatic N) is 1. The number of benzene rings is 3. The zero-order valence-electron chi connectivity index (χ0n) is 15.9. The lowest BCUT2D eigenvalue weighted by atomic mass is 10.1. The zero-order chi connectivity index (χ0) is 20.6. The molecule has 0 saturated heterocycles. The van der Waals surface area contributed by atoms with E-state index in [2.05, 4.69) is 5.32 Å². The molecule has 1 N–H and O–H groups in total. The van der Waals surface area contributed by atoms with Gasteiger partial charge >= 0.3 is 0 Å². The van der Waals surface area contributed by atoms with Crippen molar-refractivity contribution in [3.63, 3.8) is 0 Å². The quantitative estimate of drug-likeness (QED) is 0.464. The van der Waals surface area contributed by atoms with E-state index in [1.807, 2.05) is 43.3 Å². The van der Waals surface area contributed by atoms with Crippen LogP contribution in [0.5, 0.6) is 5.75 Å². The molecule has 0 aliphatic heterocycles. The second-order valence-corrected chi connectivity index (χ2v) is 6.42. The van der Waals surface area contributed by atoms with Crippen molar-refractivity contribution >= 4 is 17.7 Å². The van der Waals surface area contributed by atoms with Gasteiger partial charge in [-0.3, -0.25) is 4.79 Å². The van der Waals surface area contributed by atoms with Gasteiger partial charge in [0, 0.05) is 5.56 Å². The number of nitriles is 1. The standard InChI is InChI=1S/C24H19FN2O2/c1-17-10-12-18(13-11-17)16-29-23-9-5-2-6-19(23)14-20(15-26)24(28)27-22-8-4-3-7-21(22)25/h2-14H,16H2,1H3,(H,27,28)/b20-14-. The molecule has 0 unspecified atom stereocenters. The Morgan fingerprint density at radius 1 is 1.07 bits per heavy atom. The normalized spacial score (nSPS) is 10.9. The summed E-state index contributed by atoms with van der Waals surface area (Å²) in [5.41, 5.74) is 2.62.